The molecule has 0 aliphatic carbocycles. The molecule has 29 heavy (non-hydrogen) atoms. The van der Waals surface area contributed by atoms with Crippen LogP contribution in [0.5, 0.6) is 0 Å². The molecule has 1 saturated heterocycles. The first kappa shape index (κ1) is 23.3. The lowest BCUT2D eigenvalue weighted by atomic mass is 10.00. The van der Waals surface area contributed by atoms with Gasteiger partial charge in [-0.3, -0.25) is 4.90 Å². The Bertz CT molecular complexity index is 772. The highest BCUT2D eigenvalue weighted by atomic mass is 35.5. The van der Waals surface area contributed by atoms with Gasteiger partial charge < -0.3 is 14.8 Å². The van der Waals surface area contributed by atoms with Crippen LogP contribution in [0, 0.1) is 0 Å². The van der Waals surface area contributed by atoms with E-state index >= 15 is 0 Å². The van der Waals surface area contributed by atoms with Gasteiger partial charge in [0.25, 0.3) is 0 Å². The van der Waals surface area contributed by atoms with Crippen LogP contribution in [-0.4, -0.2) is 48.3 Å². The van der Waals surface area contributed by atoms with Gasteiger partial charge in [-0.2, -0.15) is 13.2 Å². The molecule has 0 saturated carbocycles. The van der Waals surface area contributed by atoms with E-state index in [2.05, 4.69) is 5.32 Å². The fourth-order valence-electron chi connectivity index (χ4n) is 2.87. The topological polar surface area (TPSA) is 67.9 Å². The smallest absolute Gasteiger partial charge is 0.416 e. The number of esters is 1. The van der Waals surface area contributed by atoms with Crippen molar-refractivity contribution in [3.63, 3.8) is 0 Å². The van der Waals surface area contributed by atoms with E-state index in [-0.39, 0.29) is 35.3 Å². The Labute approximate surface area is 172 Å². The van der Waals surface area contributed by atoms with Gasteiger partial charge in [0, 0.05) is 24.7 Å². The van der Waals surface area contributed by atoms with Crippen molar-refractivity contribution in [3.8, 4) is 0 Å². The van der Waals surface area contributed by atoms with Crippen molar-refractivity contribution in [3.05, 3.63) is 33.8 Å². The van der Waals surface area contributed by atoms with Crippen LogP contribution in [-0.2, 0) is 22.2 Å². The summed E-state index contributed by atoms with van der Waals surface area (Å²) in [5.41, 5.74) is -1.98. The number of nitrogens with zero attached hydrogens (tertiary/aromatic N) is 1. The lowest BCUT2D eigenvalue weighted by Gasteiger charge is -2.40. The van der Waals surface area contributed by atoms with Gasteiger partial charge in [-0.15, -0.1) is 0 Å². The molecular weight excluding hydrogens is 413 g/mol. The van der Waals surface area contributed by atoms with Crippen molar-refractivity contribution >= 4 is 23.7 Å². The Kier molecular flexibility index (Phi) is 7.06. The predicted molar refractivity (Wildman–Crippen MR) is 101 cm³/mol. The number of hydrogen-bond acceptors (Lipinski definition) is 5. The first-order chi connectivity index (χ1) is 13.3. The highest BCUT2D eigenvalue weighted by molar-refractivity contribution is 6.31. The Morgan fingerprint density at radius 2 is 1.86 bits per heavy atom. The molecule has 0 atom stereocenters. The van der Waals surface area contributed by atoms with Crippen molar-refractivity contribution in [2.75, 3.05) is 19.7 Å². The number of ether oxygens (including phenoxy) is 2. The molecule has 0 radical (unpaired) electrons. The minimum absolute atomic E-state index is 0.0410. The van der Waals surface area contributed by atoms with Gasteiger partial charge in [-0.25, -0.2) is 9.59 Å². The SMILES string of the molecule is CCOC(=O)c1cc(Cl)c(CN2CC(NC(=O)OC(C)(C)C)C2)c(C(F)(F)F)c1. The molecule has 1 aromatic carbocycles. The van der Waals surface area contributed by atoms with Crippen molar-refractivity contribution in [2.24, 2.45) is 0 Å². The van der Waals surface area contributed by atoms with E-state index in [0.717, 1.165) is 6.07 Å². The summed E-state index contributed by atoms with van der Waals surface area (Å²) in [4.78, 5) is 25.3. The highest BCUT2D eigenvalue weighted by Crippen LogP contribution is 2.37. The summed E-state index contributed by atoms with van der Waals surface area (Å²) in [5.74, 6) is -0.864. The monoisotopic (exact) mass is 436 g/mol. The number of alkyl carbamates (subject to hydrolysis) is 1. The van der Waals surface area contributed by atoms with Crippen LogP contribution in [0.1, 0.15) is 49.2 Å². The number of carbonyl (C=O) groups excluding carboxylic acids is 2. The molecule has 1 N–H and O–H groups in total. The summed E-state index contributed by atoms with van der Waals surface area (Å²) >= 11 is 6.08. The van der Waals surface area contributed by atoms with E-state index in [4.69, 9.17) is 21.1 Å². The molecular formula is C19H24ClF3N2O4. The maximum Gasteiger partial charge on any atom is 0.416 e. The summed E-state index contributed by atoms with van der Waals surface area (Å²) in [6.07, 6.45) is -5.25. The number of alkyl halides is 3. The maximum atomic E-state index is 13.5. The van der Waals surface area contributed by atoms with E-state index < -0.39 is 29.4 Å². The van der Waals surface area contributed by atoms with Crippen LogP contribution in [0.4, 0.5) is 18.0 Å². The first-order valence-corrected chi connectivity index (χ1v) is 9.46. The molecule has 1 aliphatic rings. The van der Waals surface area contributed by atoms with Crippen LogP contribution in [0.15, 0.2) is 12.1 Å². The quantitative estimate of drug-likeness (QED) is 0.699. The zero-order valence-corrected chi connectivity index (χ0v) is 17.4. The standard InChI is InChI=1S/C19H24ClF3N2O4/c1-5-28-16(26)11-6-14(19(21,22)23)13(15(20)7-11)10-25-8-12(9-25)24-17(27)29-18(2,3)4/h6-7,12H,5,8-10H2,1-4H3,(H,24,27). The van der Waals surface area contributed by atoms with Crippen LogP contribution >= 0.6 is 11.6 Å². The fraction of sp³-hybridized carbons (Fsp3) is 0.579. The predicted octanol–water partition coefficient (Wildman–Crippen LogP) is 4.24. The van der Waals surface area contributed by atoms with Gasteiger partial charge in [0.05, 0.1) is 23.8 Å². The number of carbonyl (C=O) groups is 2. The van der Waals surface area contributed by atoms with E-state index in [9.17, 15) is 22.8 Å². The van der Waals surface area contributed by atoms with Gasteiger partial charge in [0.2, 0.25) is 0 Å². The van der Waals surface area contributed by atoms with Gasteiger partial charge >= 0.3 is 18.2 Å². The molecule has 1 aromatic rings. The van der Waals surface area contributed by atoms with E-state index in [1.165, 1.54) is 6.07 Å². The normalized spacial score (nSPS) is 15.6. The number of likely N-dealkylation sites (tertiary alicyclic amines) is 1. The van der Waals surface area contributed by atoms with Gasteiger partial charge in [0.15, 0.2) is 0 Å². The Hall–Kier alpha value is -2.00. The van der Waals surface area contributed by atoms with Crippen LogP contribution < -0.4 is 5.32 Å². The molecule has 162 valence electrons. The van der Waals surface area contributed by atoms with Gasteiger partial charge in [0.1, 0.15) is 5.60 Å². The van der Waals surface area contributed by atoms with Crippen LogP contribution in [0.25, 0.3) is 0 Å². The summed E-state index contributed by atoms with van der Waals surface area (Å²) in [6.45, 7) is 7.45. The third-order valence-electron chi connectivity index (χ3n) is 4.07. The van der Waals surface area contributed by atoms with Crippen molar-refractivity contribution in [1.29, 1.82) is 0 Å². The second-order valence-corrected chi connectivity index (χ2v) is 8.15. The molecule has 0 aromatic heterocycles. The number of amides is 1. The Balaban J connectivity index is 2.08. The average molecular weight is 437 g/mol. The summed E-state index contributed by atoms with van der Waals surface area (Å²) < 4.78 is 50.5. The lowest BCUT2D eigenvalue weighted by Crippen LogP contribution is -2.59. The molecule has 1 fully saturated rings. The van der Waals surface area contributed by atoms with Gasteiger partial charge in [-0.05, 0) is 45.4 Å². The molecule has 1 amide bonds. The second kappa shape index (κ2) is 8.79. The molecule has 0 unspecified atom stereocenters. The summed E-state index contributed by atoms with van der Waals surface area (Å²) in [5, 5.41) is 2.51. The summed E-state index contributed by atoms with van der Waals surface area (Å²) in [7, 11) is 0. The minimum atomic E-state index is -4.68. The molecule has 1 heterocycles. The Morgan fingerprint density at radius 3 is 2.38 bits per heavy atom. The molecule has 1 aliphatic heterocycles. The highest BCUT2D eigenvalue weighted by Gasteiger charge is 2.38. The Morgan fingerprint density at radius 1 is 1.24 bits per heavy atom. The zero-order valence-electron chi connectivity index (χ0n) is 16.7. The van der Waals surface area contributed by atoms with E-state index in [0.29, 0.717) is 13.1 Å². The number of rotatable bonds is 5. The number of benzene rings is 1. The van der Waals surface area contributed by atoms with Crippen LogP contribution in [0.3, 0.4) is 0 Å². The number of halogens is 4. The number of nitrogens with one attached hydrogen (secondary N) is 1. The molecule has 0 bridgehead atoms. The second-order valence-electron chi connectivity index (χ2n) is 7.74. The molecule has 10 heteroatoms. The molecule has 6 nitrogen and oxygen atoms in total. The average Bonchev–Trinajstić information content (AvgIpc) is 2.51. The maximum absolute atomic E-state index is 13.5. The van der Waals surface area contributed by atoms with Crippen molar-refractivity contribution in [2.45, 2.75) is 52.1 Å². The summed E-state index contributed by atoms with van der Waals surface area (Å²) in [6, 6.07) is 1.72. The third kappa shape index (κ3) is 6.50. The first-order valence-electron chi connectivity index (χ1n) is 9.08. The minimum Gasteiger partial charge on any atom is -0.462 e. The van der Waals surface area contributed by atoms with Crippen molar-refractivity contribution < 1.29 is 32.2 Å². The van der Waals surface area contributed by atoms with Crippen LogP contribution in [0.2, 0.25) is 5.02 Å². The fourth-order valence-corrected chi connectivity index (χ4v) is 3.15. The zero-order chi connectivity index (χ0) is 22.0. The lowest BCUT2D eigenvalue weighted by molar-refractivity contribution is -0.138. The number of hydrogen-bond donors (Lipinski definition) is 1. The van der Waals surface area contributed by atoms with E-state index in [1.807, 2.05) is 0 Å². The van der Waals surface area contributed by atoms with Crippen molar-refractivity contribution in [1.82, 2.24) is 10.2 Å². The molecule has 2 rings (SSSR count). The third-order valence-corrected chi connectivity index (χ3v) is 4.41. The molecule has 0 spiro atoms. The largest absolute Gasteiger partial charge is 0.462 e. The van der Waals surface area contributed by atoms with E-state index in [1.54, 1.807) is 32.6 Å². The van der Waals surface area contributed by atoms with Gasteiger partial charge in [-0.1, -0.05) is 11.6 Å².